The first-order valence-electron chi connectivity index (χ1n) is 4.15. The van der Waals surface area contributed by atoms with Crippen LogP contribution in [-0.4, -0.2) is 25.6 Å². The van der Waals surface area contributed by atoms with E-state index in [-0.39, 0.29) is 11.3 Å². The van der Waals surface area contributed by atoms with Crippen LogP contribution in [0.3, 0.4) is 0 Å². The van der Waals surface area contributed by atoms with Gasteiger partial charge in [-0.3, -0.25) is 4.57 Å². The second-order valence-electron chi connectivity index (χ2n) is 2.90. The van der Waals surface area contributed by atoms with Crippen LogP contribution >= 0.6 is 0 Å². The molecule has 0 radical (unpaired) electrons. The van der Waals surface area contributed by atoms with Crippen molar-refractivity contribution >= 4 is 11.7 Å². The minimum absolute atomic E-state index is 0.0358. The van der Waals surface area contributed by atoms with Gasteiger partial charge in [0.15, 0.2) is 0 Å². The standard InChI is InChI=1S/C9H8N4O2/c10-7-4-12-8(3-6(7)9(14)15)13-2-1-11-5-13/h1-5H,10H2,(H,14,15). The molecular weight excluding hydrogens is 196 g/mol. The number of hydrogen-bond donors (Lipinski definition) is 2. The Labute approximate surface area is 85.0 Å². The molecule has 0 saturated heterocycles. The van der Waals surface area contributed by atoms with Gasteiger partial charge >= 0.3 is 5.97 Å². The van der Waals surface area contributed by atoms with E-state index in [1.165, 1.54) is 18.6 Å². The second-order valence-corrected chi connectivity index (χ2v) is 2.90. The van der Waals surface area contributed by atoms with E-state index in [0.29, 0.717) is 5.82 Å². The molecule has 6 nitrogen and oxygen atoms in total. The molecule has 2 aromatic rings. The van der Waals surface area contributed by atoms with Crippen LogP contribution in [0, 0.1) is 0 Å². The fourth-order valence-electron chi connectivity index (χ4n) is 1.18. The number of aromatic nitrogens is 3. The van der Waals surface area contributed by atoms with Crippen molar-refractivity contribution in [1.29, 1.82) is 0 Å². The van der Waals surface area contributed by atoms with Crippen molar-refractivity contribution in [3.63, 3.8) is 0 Å². The number of hydrogen-bond acceptors (Lipinski definition) is 4. The molecule has 0 spiro atoms. The highest BCUT2D eigenvalue weighted by Gasteiger charge is 2.10. The summed E-state index contributed by atoms with van der Waals surface area (Å²) in [5.41, 5.74) is 5.66. The summed E-state index contributed by atoms with van der Waals surface area (Å²) in [6, 6.07) is 1.40. The molecule has 6 heteroatoms. The lowest BCUT2D eigenvalue weighted by Gasteiger charge is -2.04. The highest BCUT2D eigenvalue weighted by molar-refractivity contribution is 5.93. The highest BCUT2D eigenvalue weighted by Crippen LogP contribution is 2.13. The van der Waals surface area contributed by atoms with Gasteiger partial charge in [-0.15, -0.1) is 0 Å². The first-order valence-corrected chi connectivity index (χ1v) is 4.15. The Morgan fingerprint density at radius 2 is 2.33 bits per heavy atom. The topological polar surface area (TPSA) is 94.0 Å². The predicted molar refractivity (Wildman–Crippen MR) is 52.7 cm³/mol. The number of nitrogens with zero attached hydrogens (tertiary/aromatic N) is 3. The smallest absolute Gasteiger partial charge is 0.337 e. The van der Waals surface area contributed by atoms with Gasteiger partial charge in [0.05, 0.1) is 17.4 Å². The third-order valence-corrected chi connectivity index (χ3v) is 1.92. The number of carbonyl (C=O) groups is 1. The van der Waals surface area contributed by atoms with Gasteiger partial charge in [0.1, 0.15) is 12.1 Å². The van der Waals surface area contributed by atoms with Gasteiger partial charge in [0.2, 0.25) is 0 Å². The molecule has 0 unspecified atom stereocenters. The summed E-state index contributed by atoms with van der Waals surface area (Å²) in [6.07, 6.45) is 6.10. The summed E-state index contributed by atoms with van der Waals surface area (Å²) in [6.45, 7) is 0. The number of rotatable bonds is 2. The van der Waals surface area contributed by atoms with E-state index in [0.717, 1.165) is 0 Å². The molecular formula is C9H8N4O2. The SMILES string of the molecule is Nc1cnc(-n2ccnc2)cc1C(=O)O. The fraction of sp³-hybridized carbons (Fsp3) is 0. The summed E-state index contributed by atoms with van der Waals surface area (Å²) in [7, 11) is 0. The van der Waals surface area contributed by atoms with Crippen molar-refractivity contribution in [3.05, 3.63) is 36.5 Å². The molecule has 0 amide bonds. The highest BCUT2D eigenvalue weighted by atomic mass is 16.4. The zero-order valence-corrected chi connectivity index (χ0v) is 7.66. The summed E-state index contributed by atoms with van der Waals surface area (Å²) < 4.78 is 1.60. The lowest BCUT2D eigenvalue weighted by Crippen LogP contribution is -2.05. The molecule has 3 N–H and O–H groups in total. The molecule has 0 fully saturated rings. The van der Waals surface area contributed by atoms with Gasteiger partial charge in [-0.2, -0.15) is 0 Å². The van der Waals surface area contributed by atoms with E-state index < -0.39 is 5.97 Å². The average Bonchev–Trinajstić information content (AvgIpc) is 2.71. The normalized spacial score (nSPS) is 10.1. The van der Waals surface area contributed by atoms with Crippen molar-refractivity contribution in [2.45, 2.75) is 0 Å². The third-order valence-electron chi connectivity index (χ3n) is 1.92. The number of pyridine rings is 1. The number of carboxylic acid groups (broad SMARTS) is 1. The van der Waals surface area contributed by atoms with Crippen LogP contribution in [0.15, 0.2) is 31.0 Å². The zero-order valence-electron chi connectivity index (χ0n) is 7.66. The largest absolute Gasteiger partial charge is 0.478 e. The Balaban J connectivity index is 2.52. The Hall–Kier alpha value is -2.37. The van der Waals surface area contributed by atoms with E-state index in [2.05, 4.69) is 9.97 Å². The van der Waals surface area contributed by atoms with Crippen LogP contribution in [-0.2, 0) is 0 Å². The van der Waals surface area contributed by atoms with Gasteiger partial charge in [-0.25, -0.2) is 14.8 Å². The Kier molecular flexibility index (Phi) is 2.09. The Morgan fingerprint density at radius 3 is 2.93 bits per heavy atom. The van der Waals surface area contributed by atoms with E-state index in [1.807, 2.05) is 0 Å². The maximum Gasteiger partial charge on any atom is 0.337 e. The Morgan fingerprint density at radius 1 is 1.53 bits per heavy atom. The first kappa shape index (κ1) is 9.20. The van der Waals surface area contributed by atoms with E-state index in [9.17, 15) is 4.79 Å². The van der Waals surface area contributed by atoms with E-state index in [1.54, 1.807) is 17.0 Å². The second kappa shape index (κ2) is 3.41. The molecule has 76 valence electrons. The molecule has 2 heterocycles. The summed E-state index contributed by atoms with van der Waals surface area (Å²) in [5.74, 6) is -0.602. The molecule has 0 bridgehead atoms. The van der Waals surface area contributed by atoms with Gasteiger partial charge in [0.25, 0.3) is 0 Å². The van der Waals surface area contributed by atoms with Crippen LogP contribution < -0.4 is 5.73 Å². The van der Waals surface area contributed by atoms with Gasteiger partial charge in [-0.05, 0) is 6.07 Å². The molecule has 0 aromatic carbocycles. The monoisotopic (exact) mass is 204 g/mol. The molecule has 2 aromatic heterocycles. The average molecular weight is 204 g/mol. The molecule has 2 rings (SSSR count). The van der Waals surface area contributed by atoms with Gasteiger partial charge in [0, 0.05) is 12.4 Å². The minimum Gasteiger partial charge on any atom is -0.478 e. The van der Waals surface area contributed by atoms with Gasteiger partial charge in [-0.1, -0.05) is 0 Å². The number of imidazole rings is 1. The number of nitrogens with two attached hydrogens (primary N) is 1. The number of nitrogen functional groups attached to an aromatic ring is 1. The molecule has 0 aliphatic carbocycles. The van der Waals surface area contributed by atoms with Crippen LogP contribution in [0.5, 0.6) is 0 Å². The van der Waals surface area contributed by atoms with Crippen molar-refractivity contribution in [1.82, 2.24) is 14.5 Å². The van der Waals surface area contributed by atoms with Crippen molar-refractivity contribution in [2.75, 3.05) is 5.73 Å². The molecule has 0 aliphatic heterocycles. The third kappa shape index (κ3) is 1.64. The fourth-order valence-corrected chi connectivity index (χ4v) is 1.18. The quantitative estimate of drug-likeness (QED) is 0.744. The summed E-state index contributed by atoms with van der Waals surface area (Å²) in [4.78, 5) is 18.6. The lowest BCUT2D eigenvalue weighted by atomic mass is 10.2. The lowest BCUT2D eigenvalue weighted by molar-refractivity contribution is 0.0698. The van der Waals surface area contributed by atoms with Crippen LogP contribution in [0.2, 0.25) is 0 Å². The Bertz CT molecular complexity index is 493. The summed E-state index contributed by atoms with van der Waals surface area (Å²) in [5, 5.41) is 8.85. The number of aromatic carboxylic acids is 1. The summed E-state index contributed by atoms with van der Waals surface area (Å²) >= 11 is 0. The maximum absolute atomic E-state index is 10.8. The van der Waals surface area contributed by atoms with Crippen molar-refractivity contribution < 1.29 is 9.90 Å². The van der Waals surface area contributed by atoms with Crippen molar-refractivity contribution in [3.8, 4) is 5.82 Å². The van der Waals surface area contributed by atoms with E-state index >= 15 is 0 Å². The number of anilines is 1. The first-order chi connectivity index (χ1) is 7.18. The van der Waals surface area contributed by atoms with Crippen LogP contribution in [0.1, 0.15) is 10.4 Å². The van der Waals surface area contributed by atoms with Gasteiger partial charge < -0.3 is 10.8 Å². The molecule has 0 atom stereocenters. The molecule has 0 aliphatic rings. The van der Waals surface area contributed by atoms with Crippen molar-refractivity contribution in [2.24, 2.45) is 0 Å². The number of carboxylic acids is 1. The minimum atomic E-state index is -1.07. The van der Waals surface area contributed by atoms with Crippen LogP contribution in [0.4, 0.5) is 5.69 Å². The van der Waals surface area contributed by atoms with Crippen LogP contribution in [0.25, 0.3) is 5.82 Å². The maximum atomic E-state index is 10.8. The molecule has 0 saturated carbocycles. The molecule has 15 heavy (non-hydrogen) atoms. The van der Waals surface area contributed by atoms with E-state index in [4.69, 9.17) is 10.8 Å². The zero-order chi connectivity index (χ0) is 10.8. The predicted octanol–water partition coefficient (Wildman–Crippen LogP) is 0.548.